The van der Waals surface area contributed by atoms with Crippen molar-refractivity contribution in [3.05, 3.63) is 132 Å². The molecule has 3 aromatic heterocycles. The molecule has 0 unspecified atom stereocenters. The Morgan fingerprint density at radius 2 is 1.68 bits per heavy atom. The van der Waals surface area contributed by atoms with Crippen LogP contribution in [0.15, 0.2) is 116 Å². The Morgan fingerprint density at radius 1 is 1.02 bits per heavy atom. The second-order valence-corrected chi connectivity index (χ2v) is 12.1. The second-order valence-electron chi connectivity index (χ2n) is 12.1. The Labute approximate surface area is 270 Å². The Morgan fingerprint density at radius 3 is 2.26 bits per heavy atom. The number of nitrogens with zero attached hydrogens (tertiary/aromatic N) is 4. The highest BCUT2D eigenvalue weighted by Crippen LogP contribution is 2.44. The van der Waals surface area contributed by atoms with Crippen molar-refractivity contribution in [3.63, 3.8) is 0 Å². The summed E-state index contributed by atoms with van der Waals surface area (Å²) in [5, 5.41) is 10.9. The largest absolute Gasteiger partial charge is 0.435 e. The monoisotopic (exact) mass is 632 g/mol. The number of hydrogen-bond acceptors (Lipinski definition) is 5. The molecule has 2 N–H and O–H groups in total. The van der Waals surface area contributed by atoms with Crippen molar-refractivity contribution in [2.24, 2.45) is 0 Å². The molecule has 0 spiro atoms. The van der Waals surface area contributed by atoms with E-state index in [4.69, 9.17) is 9.97 Å². The fraction of sp³-hybridized carbons (Fsp3) is 0.189. The van der Waals surface area contributed by atoms with Gasteiger partial charge >= 0.3 is 6.61 Å². The van der Waals surface area contributed by atoms with E-state index in [1.165, 1.54) is 12.1 Å². The quantitative estimate of drug-likeness (QED) is 0.157. The summed E-state index contributed by atoms with van der Waals surface area (Å²) in [5.74, 6) is -0.345. The minimum absolute atomic E-state index is 0.0144. The van der Waals surface area contributed by atoms with Gasteiger partial charge in [-0.1, -0.05) is 79.4 Å². The molecule has 0 saturated carbocycles. The Balaban J connectivity index is 1.68. The van der Waals surface area contributed by atoms with Gasteiger partial charge in [-0.3, -0.25) is 9.89 Å². The molecule has 0 aliphatic heterocycles. The molecule has 0 atom stereocenters. The molecule has 47 heavy (non-hydrogen) atoms. The van der Waals surface area contributed by atoms with Crippen LogP contribution in [-0.2, 0) is 5.54 Å². The van der Waals surface area contributed by atoms with Crippen LogP contribution < -0.4 is 10.1 Å². The van der Waals surface area contributed by atoms with Gasteiger partial charge in [-0.2, -0.15) is 13.9 Å². The molecule has 8 nitrogen and oxygen atoms in total. The summed E-state index contributed by atoms with van der Waals surface area (Å²) in [4.78, 5) is 23.9. The van der Waals surface area contributed by atoms with Crippen molar-refractivity contribution in [2.75, 3.05) is 0 Å². The smallest absolute Gasteiger partial charge is 0.387 e. The van der Waals surface area contributed by atoms with E-state index < -0.39 is 17.7 Å². The molecule has 0 saturated heterocycles. The first-order chi connectivity index (χ1) is 22.6. The molecule has 0 radical (unpaired) electrons. The number of carbonyl (C=O) groups excluding carboxylic acids is 1. The number of ether oxygens (including phenoxy) is 1. The first-order valence-electron chi connectivity index (χ1n) is 15.1. The fourth-order valence-corrected chi connectivity index (χ4v) is 6.05. The summed E-state index contributed by atoms with van der Waals surface area (Å²) in [7, 11) is 0. The van der Waals surface area contributed by atoms with Crippen LogP contribution in [0.5, 0.6) is 5.75 Å². The first kappa shape index (κ1) is 31.3. The molecule has 0 aliphatic carbocycles. The van der Waals surface area contributed by atoms with Gasteiger partial charge in [-0.25, -0.2) is 9.97 Å². The summed E-state index contributed by atoms with van der Waals surface area (Å²) < 4.78 is 32.7. The minimum Gasteiger partial charge on any atom is -0.435 e. The van der Waals surface area contributed by atoms with Gasteiger partial charge in [0.05, 0.1) is 17.3 Å². The number of rotatable bonds is 9. The molecule has 3 aromatic carbocycles. The van der Waals surface area contributed by atoms with Crippen LogP contribution in [0, 0.1) is 0 Å². The highest BCUT2D eigenvalue weighted by molar-refractivity contribution is 6.06. The van der Waals surface area contributed by atoms with Crippen molar-refractivity contribution in [1.82, 2.24) is 30.0 Å². The Bertz CT molecular complexity index is 2070. The zero-order valence-electron chi connectivity index (χ0n) is 26.5. The molecule has 1 amide bonds. The molecule has 0 fully saturated rings. The maximum Gasteiger partial charge on any atom is 0.387 e. The molecule has 6 rings (SSSR count). The summed E-state index contributed by atoms with van der Waals surface area (Å²) in [6.45, 7) is 8.88. The van der Waals surface area contributed by atoms with Crippen molar-refractivity contribution in [3.8, 4) is 17.1 Å². The van der Waals surface area contributed by atoms with Crippen LogP contribution in [0.1, 0.15) is 49.2 Å². The van der Waals surface area contributed by atoms with Gasteiger partial charge in [0.2, 0.25) is 0 Å². The predicted octanol–water partition coefficient (Wildman–Crippen LogP) is 8.03. The van der Waals surface area contributed by atoms with Crippen LogP contribution in [0.4, 0.5) is 8.78 Å². The third-order valence-electron chi connectivity index (χ3n) is 7.92. The molecule has 10 heteroatoms. The zero-order valence-corrected chi connectivity index (χ0v) is 26.5. The van der Waals surface area contributed by atoms with Gasteiger partial charge in [0, 0.05) is 17.1 Å². The normalized spacial score (nSPS) is 12.5. The van der Waals surface area contributed by atoms with Gasteiger partial charge in [0.15, 0.2) is 5.65 Å². The Hall–Kier alpha value is -5.64. The molecule has 3 heterocycles. The lowest BCUT2D eigenvalue weighted by molar-refractivity contribution is -0.0497. The van der Waals surface area contributed by atoms with Crippen LogP contribution in [-0.4, -0.2) is 42.8 Å². The highest BCUT2D eigenvalue weighted by Gasteiger charge is 2.41. The van der Waals surface area contributed by atoms with E-state index in [1.807, 2.05) is 105 Å². The number of aromatic nitrogens is 5. The molecule has 238 valence electrons. The van der Waals surface area contributed by atoms with E-state index in [2.05, 4.69) is 26.8 Å². The van der Waals surface area contributed by atoms with Crippen molar-refractivity contribution in [1.29, 1.82) is 0 Å². The maximum atomic E-state index is 14.0. The van der Waals surface area contributed by atoms with Crippen molar-refractivity contribution in [2.45, 2.75) is 45.4 Å². The molecule has 0 aliphatic rings. The predicted molar refractivity (Wildman–Crippen MR) is 179 cm³/mol. The second kappa shape index (κ2) is 12.3. The topological polar surface area (TPSA) is 97.7 Å². The number of H-pyrrole nitrogens is 1. The number of allylic oxidation sites excluding steroid dienone is 3. The lowest BCUT2D eigenvalue weighted by Gasteiger charge is -2.38. The van der Waals surface area contributed by atoms with E-state index in [-0.39, 0.29) is 11.7 Å². The van der Waals surface area contributed by atoms with Gasteiger partial charge in [-0.05, 0) is 62.6 Å². The summed E-state index contributed by atoms with van der Waals surface area (Å²) in [5.41, 5.74) is 3.61. The lowest BCUT2D eigenvalue weighted by atomic mass is 9.76. The number of hydrogen-bond donors (Lipinski definition) is 2. The molecule has 0 bridgehead atoms. The summed E-state index contributed by atoms with van der Waals surface area (Å²) >= 11 is 0. The number of carbonyl (C=O) groups is 1. The fourth-order valence-electron chi connectivity index (χ4n) is 6.05. The van der Waals surface area contributed by atoms with Gasteiger partial charge < -0.3 is 14.6 Å². The first-order valence-corrected chi connectivity index (χ1v) is 15.1. The van der Waals surface area contributed by atoms with E-state index in [9.17, 15) is 13.6 Å². The number of halogens is 2. The van der Waals surface area contributed by atoms with Gasteiger partial charge in [0.25, 0.3) is 5.91 Å². The average Bonchev–Trinajstić information content (AvgIpc) is 3.65. The van der Waals surface area contributed by atoms with E-state index >= 15 is 0 Å². The average molecular weight is 633 g/mol. The van der Waals surface area contributed by atoms with Crippen LogP contribution in [0.25, 0.3) is 33.5 Å². The van der Waals surface area contributed by atoms with Crippen LogP contribution in [0.2, 0.25) is 0 Å². The van der Waals surface area contributed by atoms with Crippen molar-refractivity contribution < 1.29 is 18.3 Å². The molecule has 6 aromatic rings. The van der Waals surface area contributed by atoms with Crippen molar-refractivity contribution >= 4 is 28.0 Å². The summed E-state index contributed by atoms with van der Waals surface area (Å²) in [6.07, 6.45) is 7.19. The van der Waals surface area contributed by atoms with E-state index in [0.717, 1.165) is 16.7 Å². The summed E-state index contributed by atoms with van der Waals surface area (Å²) in [6, 6.07) is 24.5. The Kier molecular flexibility index (Phi) is 8.19. The number of aromatic amines is 1. The number of benzene rings is 3. The standard InChI is InChI=1S/C37H34F2N6O2/c1-6-23(7-2)37(24-14-10-8-11-15-24,25-16-12-9-13-17-25)45-22-28(34(46)42-36(3,4)5)32-33(45)40-21-30(41-32)31-27-20-26(47-35(38)39)18-19-29(27)43-44-31/h6-22,35H,1H2,2-5H3,(H,42,46)(H,43,44). The van der Waals surface area contributed by atoms with E-state index in [0.29, 0.717) is 39.0 Å². The SMILES string of the molecule is C=CC(=CC)C(c1ccccc1)(c1ccccc1)n1cc(C(=O)NC(C)(C)C)c2nc(-c3n[nH]c4ccc(OC(F)F)cc34)cnc21. The zero-order chi connectivity index (χ0) is 33.3. The number of alkyl halides is 2. The minimum atomic E-state index is -2.98. The van der Waals surface area contributed by atoms with E-state index in [1.54, 1.807) is 18.5 Å². The molecular weight excluding hydrogens is 598 g/mol. The third kappa shape index (κ3) is 5.67. The highest BCUT2D eigenvalue weighted by atomic mass is 19.3. The van der Waals surface area contributed by atoms with Crippen LogP contribution in [0.3, 0.4) is 0 Å². The maximum absolute atomic E-state index is 14.0. The van der Waals surface area contributed by atoms with Crippen LogP contribution >= 0.6 is 0 Å². The lowest BCUT2D eigenvalue weighted by Crippen LogP contribution is -2.41. The number of amides is 1. The van der Waals surface area contributed by atoms with Gasteiger partial charge in [-0.15, -0.1) is 0 Å². The van der Waals surface area contributed by atoms with Gasteiger partial charge in [0.1, 0.15) is 28.2 Å². The molecular formula is C37H34F2N6O2. The number of nitrogens with one attached hydrogen (secondary N) is 2. The third-order valence-corrected chi connectivity index (χ3v) is 7.92. The number of fused-ring (bicyclic) bond motifs is 2.